The summed E-state index contributed by atoms with van der Waals surface area (Å²) in [4.78, 5) is 0. The van der Waals surface area contributed by atoms with E-state index in [0.717, 1.165) is 23.9 Å². The Morgan fingerprint density at radius 2 is 2.05 bits per heavy atom. The molecule has 0 amide bonds. The van der Waals surface area contributed by atoms with Gasteiger partial charge in [-0.25, -0.2) is 0 Å². The maximum Gasteiger partial charge on any atom is 0.123 e. The summed E-state index contributed by atoms with van der Waals surface area (Å²) in [7, 11) is 0. The highest BCUT2D eigenvalue weighted by molar-refractivity contribution is 5.41. The van der Waals surface area contributed by atoms with Crippen molar-refractivity contribution >= 4 is 0 Å². The lowest BCUT2D eigenvalue weighted by Crippen LogP contribution is -2.22. The Bertz CT molecular complexity index is 481. The SMILES string of the molecule is C=C(CNC1CC1)COc1ccc(C)cc1C(C)(C)C. The lowest BCUT2D eigenvalue weighted by molar-refractivity contribution is 0.337. The summed E-state index contributed by atoms with van der Waals surface area (Å²) in [6.07, 6.45) is 2.61. The molecule has 2 heteroatoms. The molecule has 0 spiro atoms. The Hall–Kier alpha value is -1.28. The fraction of sp³-hybridized carbons (Fsp3) is 0.556. The van der Waals surface area contributed by atoms with Crippen LogP contribution >= 0.6 is 0 Å². The van der Waals surface area contributed by atoms with Gasteiger partial charge in [0.25, 0.3) is 0 Å². The van der Waals surface area contributed by atoms with Crippen LogP contribution in [0.1, 0.15) is 44.7 Å². The average molecular weight is 273 g/mol. The molecule has 1 saturated carbocycles. The molecular formula is C18H27NO. The molecule has 0 unspecified atom stereocenters. The zero-order chi connectivity index (χ0) is 14.8. The minimum Gasteiger partial charge on any atom is -0.489 e. The van der Waals surface area contributed by atoms with Gasteiger partial charge in [0.15, 0.2) is 0 Å². The predicted molar refractivity (Wildman–Crippen MR) is 85.5 cm³/mol. The number of ether oxygens (including phenoxy) is 1. The molecule has 2 nitrogen and oxygen atoms in total. The summed E-state index contributed by atoms with van der Waals surface area (Å²) in [5.74, 6) is 0.982. The van der Waals surface area contributed by atoms with E-state index in [9.17, 15) is 0 Å². The van der Waals surface area contributed by atoms with E-state index in [0.29, 0.717) is 6.61 Å². The van der Waals surface area contributed by atoms with Crippen molar-refractivity contribution in [1.82, 2.24) is 5.32 Å². The number of nitrogens with one attached hydrogen (secondary N) is 1. The zero-order valence-electron chi connectivity index (χ0n) is 13.3. The molecule has 0 aliphatic heterocycles. The van der Waals surface area contributed by atoms with Crippen LogP contribution in [0.5, 0.6) is 5.75 Å². The Balaban J connectivity index is 1.95. The molecule has 0 heterocycles. The van der Waals surface area contributed by atoms with Crippen molar-refractivity contribution in [2.24, 2.45) is 0 Å². The van der Waals surface area contributed by atoms with Gasteiger partial charge >= 0.3 is 0 Å². The monoisotopic (exact) mass is 273 g/mol. The van der Waals surface area contributed by atoms with Crippen LogP contribution < -0.4 is 10.1 Å². The largest absolute Gasteiger partial charge is 0.489 e. The topological polar surface area (TPSA) is 21.3 Å². The molecule has 1 aromatic carbocycles. The van der Waals surface area contributed by atoms with Gasteiger partial charge in [0, 0.05) is 12.6 Å². The van der Waals surface area contributed by atoms with Crippen LogP contribution in [0.4, 0.5) is 0 Å². The molecule has 1 aliphatic carbocycles. The molecule has 1 fully saturated rings. The predicted octanol–water partition coefficient (Wildman–Crippen LogP) is 3.98. The van der Waals surface area contributed by atoms with Gasteiger partial charge in [-0.15, -0.1) is 0 Å². The molecular weight excluding hydrogens is 246 g/mol. The minimum atomic E-state index is 0.0922. The molecule has 110 valence electrons. The molecule has 0 atom stereocenters. The summed E-state index contributed by atoms with van der Waals surface area (Å²) in [5, 5.41) is 3.47. The Morgan fingerprint density at radius 3 is 2.65 bits per heavy atom. The van der Waals surface area contributed by atoms with Crippen LogP contribution in [0.15, 0.2) is 30.4 Å². The first-order valence-corrected chi connectivity index (χ1v) is 7.50. The molecule has 20 heavy (non-hydrogen) atoms. The van der Waals surface area contributed by atoms with Gasteiger partial charge in [0.2, 0.25) is 0 Å². The minimum absolute atomic E-state index is 0.0922. The maximum atomic E-state index is 5.99. The standard InChI is InChI=1S/C18H27NO/c1-13-6-9-17(16(10-13)18(3,4)5)20-12-14(2)11-19-15-7-8-15/h6,9-10,15,19H,2,7-8,11-12H2,1,3-5H3. The van der Waals surface area contributed by atoms with Crippen LogP contribution in [0.3, 0.4) is 0 Å². The summed E-state index contributed by atoms with van der Waals surface area (Å²) in [6.45, 7) is 14.3. The summed E-state index contributed by atoms with van der Waals surface area (Å²) in [6, 6.07) is 7.13. The van der Waals surface area contributed by atoms with Crippen LogP contribution in [0.25, 0.3) is 0 Å². The first-order valence-electron chi connectivity index (χ1n) is 7.50. The number of aryl methyl sites for hydroxylation is 1. The van der Waals surface area contributed by atoms with E-state index in [1.54, 1.807) is 0 Å². The summed E-state index contributed by atoms with van der Waals surface area (Å²) < 4.78 is 5.99. The second-order valence-electron chi connectivity index (χ2n) is 6.94. The summed E-state index contributed by atoms with van der Waals surface area (Å²) >= 11 is 0. The van der Waals surface area contributed by atoms with Crippen LogP contribution in [0.2, 0.25) is 0 Å². The van der Waals surface area contributed by atoms with Crippen LogP contribution in [-0.2, 0) is 5.41 Å². The van der Waals surface area contributed by atoms with Crippen molar-refractivity contribution in [2.45, 2.75) is 52.0 Å². The van der Waals surface area contributed by atoms with Crippen LogP contribution in [-0.4, -0.2) is 19.2 Å². The quantitative estimate of drug-likeness (QED) is 0.792. The van der Waals surface area contributed by atoms with E-state index in [1.165, 1.54) is 24.0 Å². The fourth-order valence-electron chi connectivity index (χ4n) is 2.16. The highest BCUT2D eigenvalue weighted by atomic mass is 16.5. The van der Waals surface area contributed by atoms with E-state index in [1.807, 2.05) is 0 Å². The van der Waals surface area contributed by atoms with Crippen molar-refractivity contribution in [3.63, 3.8) is 0 Å². The van der Waals surface area contributed by atoms with Crippen molar-refractivity contribution < 1.29 is 4.74 Å². The number of hydrogen-bond donors (Lipinski definition) is 1. The van der Waals surface area contributed by atoms with E-state index < -0.39 is 0 Å². The van der Waals surface area contributed by atoms with Gasteiger partial charge < -0.3 is 10.1 Å². The van der Waals surface area contributed by atoms with Gasteiger partial charge in [0.1, 0.15) is 12.4 Å². The highest BCUT2D eigenvalue weighted by Crippen LogP contribution is 2.32. The third-order valence-electron chi connectivity index (χ3n) is 3.59. The lowest BCUT2D eigenvalue weighted by Gasteiger charge is -2.23. The first-order chi connectivity index (χ1) is 9.36. The van der Waals surface area contributed by atoms with Gasteiger partial charge in [-0.3, -0.25) is 0 Å². The second-order valence-corrected chi connectivity index (χ2v) is 6.94. The third kappa shape index (κ3) is 4.38. The molecule has 1 N–H and O–H groups in total. The van der Waals surface area contributed by atoms with Crippen molar-refractivity contribution in [3.05, 3.63) is 41.5 Å². The third-order valence-corrected chi connectivity index (χ3v) is 3.59. The fourth-order valence-corrected chi connectivity index (χ4v) is 2.16. The molecule has 0 bridgehead atoms. The van der Waals surface area contributed by atoms with E-state index in [2.05, 4.69) is 57.8 Å². The number of benzene rings is 1. The van der Waals surface area contributed by atoms with Crippen LogP contribution in [0, 0.1) is 6.92 Å². The first kappa shape index (κ1) is 15.1. The van der Waals surface area contributed by atoms with Gasteiger partial charge in [-0.1, -0.05) is 45.0 Å². The maximum absolute atomic E-state index is 5.99. The molecule has 1 aliphatic rings. The zero-order valence-corrected chi connectivity index (χ0v) is 13.3. The van der Waals surface area contributed by atoms with Crippen molar-refractivity contribution in [1.29, 1.82) is 0 Å². The second kappa shape index (κ2) is 6.01. The van der Waals surface area contributed by atoms with Gasteiger partial charge in [-0.2, -0.15) is 0 Å². The van der Waals surface area contributed by atoms with E-state index in [-0.39, 0.29) is 5.41 Å². The number of hydrogen-bond acceptors (Lipinski definition) is 2. The number of rotatable bonds is 6. The van der Waals surface area contributed by atoms with E-state index >= 15 is 0 Å². The molecule has 0 aromatic heterocycles. The van der Waals surface area contributed by atoms with Crippen molar-refractivity contribution in [3.8, 4) is 5.75 Å². The van der Waals surface area contributed by atoms with Gasteiger partial charge in [-0.05, 0) is 42.4 Å². The highest BCUT2D eigenvalue weighted by Gasteiger charge is 2.21. The molecule has 0 radical (unpaired) electrons. The summed E-state index contributed by atoms with van der Waals surface area (Å²) in [5.41, 5.74) is 3.74. The molecule has 2 rings (SSSR count). The molecule has 0 saturated heterocycles. The normalized spacial score (nSPS) is 15.2. The average Bonchev–Trinajstić information content (AvgIpc) is 3.17. The Kier molecular flexibility index (Phi) is 4.54. The van der Waals surface area contributed by atoms with Gasteiger partial charge in [0.05, 0.1) is 0 Å². The Morgan fingerprint density at radius 1 is 1.35 bits per heavy atom. The molecule has 1 aromatic rings. The van der Waals surface area contributed by atoms with Crippen molar-refractivity contribution in [2.75, 3.05) is 13.2 Å². The smallest absolute Gasteiger partial charge is 0.123 e. The Labute approximate surface area is 123 Å². The lowest BCUT2D eigenvalue weighted by atomic mass is 9.85. The van der Waals surface area contributed by atoms with E-state index in [4.69, 9.17) is 4.74 Å².